The fraction of sp³-hybridized carbons (Fsp3) is 0.316. The van der Waals surface area contributed by atoms with Crippen LogP contribution in [0.15, 0.2) is 108 Å². The number of aryl methyl sites for hydroxylation is 2. The Morgan fingerprint density at radius 1 is 0.830 bits per heavy atom. The largest absolute Gasteiger partial charge is 0.352 e. The fourth-order valence-corrected chi connectivity index (χ4v) is 7.72. The van der Waals surface area contributed by atoms with E-state index in [2.05, 4.69) is 5.32 Å². The Hall–Kier alpha value is -4.14. The van der Waals surface area contributed by atoms with Crippen molar-refractivity contribution in [2.24, 2.45) is 0 Å². The maximum Gasteiger partial charge on any atom is 0.264 e. The number of rotatable bonds is 12. The minimum Gasteiger partial charge on any atom is -0.352 e. The summed E-state index contributed by atoms with van der Waals surface area (Å²) in [6, 6.07) is 29.6. The zero-order valence-electron chi connectivity index (χ0n) is 26.9. The molecule has 246 valence electrons. The highest BCUT2D eigenvalue weighted by molar-refractivity contribution is 7.92. The smallest absolute Gasteiger partial charge is 0.264 e. The van der Waals surface area contributed by atoms with Gasteiger partial charge in [0.1, 0.15) is 12.6 Å². The van der Waals surface area contributed by atoms with Crippen LogP contribution in [0.5, 0.6) is 0 Å². The maximum atomic E-state index is 14.7. The summed E-state index contributed by atoms with van der Waals surface area (Å²) in [5.74, 6) is -0.729. The number of anilines is 1. The summed E-state index contributed by atoms with van der Waals surface area (Å²) in [6.07, 6.45) is 5.29. The van der Waals surface area contributed by atoms with Gasteiger partial charge in [0.05, 0.1) is 10.6 Å². The van der Waals surface area contributed by atoms with Gasteiger partial charge >= 0.3 is 0 Å². The van der Waals surface area contributed by atoms with Crippen molar-refractivity contribution in [1.29, 1.82) is 0 Å². The predicted molar refractivity (Wildman–Crippen MR) is 188 cm³/mol. The number of hydrogen-bond acceptors (Lipinski definition) is 4. The monoisotopic (exact) mass is 671 g/mol. The second kappa shape index (κ2) is 15.6. The molecule has 0 aliphatic heterocycles. The Balaban J connectivity index is 1.58. The van der Waals surface area contributed by atoms with Gasteiger partial charge in [-0.25, -0.2) is 8.42 Å². The van der Waals surface area contributed by atoms with Gasteiger partial charge in [0.25, 0.3) is 10.0 Å². The molecule has 1 N–H and O–H groups in total. The van der Waals surface area contributed by atoms with Crippen molar-refractivity contribution >= 4 is 39.1 Å². The lowest BCUT2D eigenvalue weighted by Gasteiger charge is -2.35. The van der Waals surface area contributed by atoms with E-state index in [1.54, 1.807) is 36.4 Å². The van der Waals surface area contributed by atoms with E-state index in [0.717, 1.165) is 48.8 Å². The van der Waals surface area contributed by atoms with Gasteiger partial charge < -0.3 is 10.2 Å². The van der Waals surface area contributed by atoms with Crippen LogP contribution in [0.1, 0.15) is 54.4 Å². The topological polar surface area (TPSA) is 86.8 Å². The van der Waals surface area contributed by atoms with Crippen molar-refractivity contribution in [2.45, 2.75) is 75.9 Å². The molecule has 0 heterocycles. The van der Waals surface area contributed by atoms with Gasteiger partial charge in [-0.3, -0.25) is 13.9 Å². The van der Waals surface area contributed by atoms with Crippen LogP contribution in [0.2, 0.25) is 5.02 Å². The molecule has 0 radical (unpaired) electrons. The van der Waals surface area contributed by atoms with E-state index in [-0.39, 0.29) is 29.8 Å². The number of carbonyl (C=O) groups is 2. The van der Waals surface area contributed by atoms with Crippen LogP contribution >= 0.6 is 11.6 Å². The molecule has 4 aromatic rings. The van der Waals surface area contributed by atoms with Crippen LogP contribution in [0.3, 0.4) is 0 Å². The number of carbonyl (C=O) groups excluding carboxylic acids is 2. The number of hydrogen-bond donors (Lipinski definition) is 1. The zero-order chi connectivity index (χ0) is 33.4. The van der Waals surface area contributed by atoms with E-state index in [9.17, 15) is 18.0 Å². The van der Waals surface area contributed by atoms with Gasteiger partial charge in [0, 0.05) is 24.0 Å². The van der Waals surface area contributed by atoms with Gasteiger partial charge in [0.2, 0.25) is 11.8 Å². The predicted octanol–water partition coefficient (Wildman–Crippen LogP) is 7.24. The molecule has 7 nitrogen and oxygen atoms in total. The molecular weight excluding hydrogens is 630 g/mol. The number of amides is 2. The lowest BCUT2D eigenvalue weighted by Crippen LogP contribution is -2.55. The van der Waals surface area contributed by atoms with E-state index in [1.807, 2.05) is 68.4 Å². The molecule has 1 unspecified atom stereocenters. The van der Waals surface area contributed by atoms with Crippen molar-refractivity contribution in [3.05, 3.63) is 130 Å². The van der Waals surface area contributed by atoms with Crippen LogP contribution in [0.4, 0.5) is 5.69 Å². The summed E-state index contributed by atoms with van der Waals surface area (Å²) in [7, 11) is -4.16. The highest BCUT2D eigenvalue weighted by Gasteiger charge is 2.35. The molecule has 4 aromatic carbocycles. The Morgan fingerprint density at radius 3 is 2.13 bits per heavy atom. The molecule has 0 spiro atoms. The average molecular weight is 672 g/mol. The summed E-state index contributed by atoms with van der Waals surface area (Å²) in [5.41, 5.74) is 3.66. The van der Waals surface area contributed by atoms with Gasteiger partial charge in [-0.05, 0) is 79.3 Å². The standard InChI is InChI=1S/C38H42ClN3O4S/c1-28-18-19-29(2)35(24-28)42(47(45,46)34-16-10-5-11-17-34)27-37(43)41(26-31-20-22-32(39)23-21-31)36(25-30-12-6-3-7-13-30)38(44)40-33-14-8-4-9-15-33/h3,5-7,10-13,16-24,33,36H,4,8-9,14-15,25-27H2,1-2H3,(H,40,44). The van der Waals surface area contributed by atoms with Gasteiger partial charge in [-0.15, -0.1) is 0 Å². The van der Waals surface area contributed by atoms with E-state index >= 15 is 0 Å². The van der Waals surface area contributed by atoms with E-state index in [1.165, 1.54) is 21.3 Å². The molecule has 9 heteroatoms. The highest BCUT2D eigenvalue weighted by atomic mass is 35.5. The Bertz CT molecular complexity index is 1760. The number of sulfonamides is 1. The van der Waals surface area contributed by atoms with Crippen LogP contribution in [0, 0.1) is 13.8 Å². The third-order valence-corrected chi connectivity index (χ3v) is 10.8. The second-order valence-corrected chi connectivity index (χ2v) is 14.6. The van der Waals surface area contributed by atoms with Gasteiger partial charge in [0.15, 0.2) is 0 Å². The third-order valence-electron chi connectivity index (χ3n) is 8.73. The molecule has 0 saturated heterocycles. The van der Waals surface area contributed by atoms with Crippen LogP contribution in [-0.2, 0) is 32.6 Å². The minimum absolute atomic E-state index is 0.0342. The summed E-state index contributed by atoms with van der Waals surface area (Å²) >= 11 is 6.19. The van der Waals surface area contributed by atoms with Crippen molar-refractivity contribution in [1.82, 2.24) is 10.2 Å². The van der Waals surface area contributed by atoms with Crippen LogP contribution in [-0.4, -0.2) is 43.8 Å². The molecule has 1 atom stereocenters. The van der Waals surface area contributed by atoms with Crippen molar-refractivity contribution in [2.75, 3.05) is 10.8 Å². The number of halogens is 1. The molecule has 1 aliphatic rings. The summed E-state index contributed by atoms with van der Waals surface area (Å²) in [5, 5.41) is 3.79. The Labute approximate surface area is 283 Å². The average Bonchev–Trinajstić information content (AvgIpc) is 3.08. The Morgan fingerprint density at radius 2 is 1.47 bits per heavy atom. The molecule has 1 fully saturated rings. The van der Waals surface area contributed by atoms with E-state index in [4.69, 9.17) is 11.6 Å². The first kappa shape index (κ1) is 34.2. The molecular formula is C38H42ClN3O4S. The third kappa shape index (κ3) is 8.82. The molecule has 1 aliphatic carbocycles. The Kier molecular flexibility index (Phi) is 11.4. The highest BCUT2D eigenvalue weighted by Crippen LogP contribution is 2.29. The van der Waals surface area contributed by atoms with Crippen molar-refractivity contribution < 1.29 is 18.0 Å². The molecule has 2 amide bonds. The van der Waals surface area contributed by atoms with E-state index < -0.39 is 28.5 Å². The number of nitrogens with zero attached hydrogens (tertiary/aromatic N) is 2. The van der Waals surface area contributed by atoms with Gasteiger partial charge in [-0.2, -0.15) is 0 Å². The first-order chi connectivity index (χ1) is 22.6. The summed E-state index contributed by atoms with van der Waals surface area (Å²) in [4.78, 5) is 30.5. The molecule has 1 saturated carbocycles. The molecule has 0 aromatic heterocycles. The SMILES string of the molecule is Cc1ccc(C)c(N(CC(=O)N(Cc2ccc(Cl)cc2)C(Cc2ccccc2)C(=O)NC2CCCCC2)S(=O)(=O)c2ccccc2)c1. The lowest BCUT2D eigenvalue weighted by atomic mass is 9.94. The summed E-state index contributed by atoms with van der Waals surface area (Å²) < 4.78 is 29.7. The normalized spacial score (nSPS) is 14.3. The quantitative estimate of drug-likeness (QED) is 0.172. The van der Waals surface area contributed by atoms with Crippen LogP contribution in [0.25, 0.3) is 0 Å². The first-order valence-corrected chi connectivity index (χ1v) is 18.0. The van der Waals surface area contributed by atoms with Gasteiger partial charge in [-0.1, -0.05) is 104 Å². The maximum absolute atomic E-state index is 14.7. The molecule has 5 rings (SSSR count). The minimum atomic E-state index is -4.16. The number of benzene rings is 4. The van der Waals surface area contributed by atoms with Crippen molar-refractivity contribution in [3.63, 3.8) is 0 Å². The number of nitrogens with one attached hydrogen (secondary N) is 1. The summed E-state index contributed by atoms with van der Waals surface area (Å²) in [6.45, 7) is 3.32. The molecule has 47 heavy (non-hydrogen) atoms. The van der Waals surface area contributed by atoms with Crippen molar-refractivity contribution in [3.8, 4) is 0 Å². The first-order valence-electron chi connectivity index (χ1n) is 16.1. The lowest BCUT2D eigenvalue weighted by molar-refractivity contribution is -0.140. The fourth-order valence-electron chi connectivity index (χ4n) is 6.11. The van der Waals surface area contributed by atoms with E-state index in [0.29, 0.717) is 16.3 Å². The second-order valence-electron chi connectivity index (χ2n) is 12.3. The van der Waals surface area contributed by atoms with Crippen LogP contribution < -0.4 is 9.62 Å². The molecule has 0 bridgehead atoms. The zero-order valence-corrected chi connectivity index (χ0v) is 28.5.